The van der Waals surface area contributed by atoms with E-state index in [1.807, 2.05) is 63.9 Å². The zero-order valence-corrected chi connectivity index (χ0v) is 18.7. The van der Waals surface area contributed by atoms with Gasteiger partial charge in [-0.2, -0.15) is 0 Å². The Kier molecular flexibility index (Phi) is 5.47. The predicted molar refractivity (Wildman–Crippen MR) is 116 cm³/mol. The van der Waals surface area contributed by atoms with Gasteiger partial charge in [0.05, 0.1) is 17.6 Å². The van der Waals surface area contributed by atoms with Gasteiger partial charge in [-0.25, -0.2) is 9.67 Å². The number of amides is 1. The summed E-state index contributed by atoms with van der Waals surface area (Å²) in [6, 6.07) is 5.88. The van der Waals surface area contributed by atoms with E-state index in [-0.39, 0.29) is 11.3 Å². The Labute approximate surface area is 182 Å². The van der Waals surface area contributed by atoms with Crippen LogP contribution in [0.3, 0.4) is 0 Å². The van der Waals surface area contributed by atoms with Gasteiger partial charge in [0.2, 0.25) is 11.8 Å². The Hall–Kier alpha value is -3.29. The molecule has 1 aliphatic rings. The van der Waals surface area contributed by atoms with E-state index < -0.39 is 0 Å². The Bertz CT molecular complexity index is 1100. The van der Waals surface area contributed by atoms with Gasteiger partial charge in [0, 0.05) is 36.5 Å². The molecule has 0 unspecified atom stereocenters. The number of carbonyl (C=O) groups excluding carboxylic acids is 1. The highest BCUT2D eigenvalue weighted by molar-refractivity contribution is 5.81. The van der Waals surface area contributed by atoms with Gasteiger partial charge in [-0.3, -0.25) is 9.78 Å². The highest BCUT2D eigenvalue weighted by Gasteiger charge is 2.29. The maximum absolute atomic E-state index is 12.6. The fourth-order valence-corrected chi connectivity index (χ4v) is 3.62. The van der Waals surface area contributed by atoms with Crippen molar-refractivity contribution < 1.29 is 9.53 Å². The van der Waals surface area contributed by atoms with E-state index in [9.17, 15) is 4.79 Å². The number of aromatic nitrogens is 5. The minimum absolute atomic E-state index is 0.167. The lowest BCUT2D eigenvalue weighted by Gasteiger charge is -2.33. The minimum atomic E-state index is -0.379. The van der Waals surface area contributed by atoms with E-state index in [4.69, 9.17) is 4.74 Å². The third-order valence-corrected chi connectivity index (χ3v) is 5.45. The standard InChI is InChI=1S/C23H28N6O2/c1-15-6-7-19(12-24-15)29-20(16(2)26-27-29)14-31-21-10-17-8-9-28(13-18(17)11-25-21)22(30)23(3,4)5/h6-7,10-12H,8-9,13-14H2,1-5H3. The van der Waals surface area contributed by atoms with E-state index in [2.05, 4.69) is 20.3 Å². The van der Waals surface area contributed by atoms with Crippen LogP contribution in [0.2, 0.25) is 0 Å². The third kappa shape index (κ3) is 4.42. The van der Waals surface area contributed by atoms with Crippen molar-refractivity contribution in [1.29, 1.82) is 0 Å². The molecule has 0 saturated carbocycles. The smallest absolute Gasteiger partial charge is 0.228 e. The first kappa shape index (κ1) is 21.0. The summed E-state index contributed by atoms with van der Waals surface area (Å²) in [6.07, 6.45) is 4.39. The van der Waals surface area contributed by atoms with Crippen LogP contribution in [-0.2, 0) is 24.4 Å². The normalized spacial score (nSPS) is 13.8. The molecule has 0 saturated heterocycles. The molecule has 0 aromatic carbocycles. The molecule has 0 aliphatic carbocycles. The average molecular weight is 421 g/mol. The van der Waals surface area contributed by atoms with Gasteiger partial charge >= 0.3 is 0 Å². The number of pyridine rings is 2. The molecule has 162 valence electrons. The van der Waals surface area contributed by atoms with Crippen LogP contribution in [0, 0.1) is 19.3 Å². The molecule has 8 heteroatoms. The molecule has 0 radical (unpaired) electrons. The summed E-state index contributed by atoms with van der Waals surface area (Å²) in [4.78, 5) is 23.3. The largest absolute Gasteiger partial charge is 0.471 e. The van der Waals surface area contributed by atoms with E-state index in [0.29, 0.717) is 25.6 Å². The van der Waals surface area contributed by atoms with Crippen molar-refractivity contribution >= 4 is 5.91 Å². The zero-order chi connectivity index (χ0) is 22.2. The monoisotopic (exact) mass is 420 g/mol. The molecule has 3 aromatic heterocycles. The molecule has 3 aromatic rings. The number of aryl methyl sites for hydroxylation is 2. The second-order valence-corrected chi connectivity index (χ2v) is 9.00. The summed E-state index contributed by atoms with van der Waals surface area (Å²) in [7, 11) is 0. The molecule has 0 spiro atoms. The first-order valence-corrected chi connectivity index (χ1v) is 10.5. The van der Waals surface area contributed by atoms with Crippen molar-refractivity contribution in [1.82, 2.24) is 29.9 Å². The Morgan fingerprint density at radius 1 is 1.13 bits per heavy atom. The minimum Gasteiger partial charge on any atom is -0.471 e. The Morgan fingerprint density at radius 2 is 1.94 bits per heavy atom. The number of hydrogen-bond donors (Lipinski definition) is 0. The fraction of sp³-hybridized carbons (Fsp3) is 0.435. The van der Waals surface area contributed by atoms with Crippen LogP contribution in [0.15, 0.2) is 30.6 Å². The first-order chi connectivity index (χ1) is 14.7. The van der Waals surface area contributed by atoms with Gasteiger partial charge in [-0.15, -0.1) is 5.10 Å². The van der Waals surface area contributed by atoms with Crippen LogP contribution >= 0.6 is 0 Å². The summed E-state index contributed by atoms with van der Waals surface area (Å²) in [5.74, 6) is 0.726. The van der Waals surface area contributed by atoms with Gasteiger partial charge in [-0.05, 0) is 43.5 Å². The van der Waals surface area contributed by atoms with Crippen LogP contribution in [0.25, 0.3) is 5.69 Å². The summed E-state index contributed by atoms with van der Waals surface area (Å²) in [5.41, 5.74) is 5.31. The van der Waals surface area contributed by atoms with Crippen molar-refractivity contribution in [2.75, 3.05) is 6.54 Å². The van der Waals surface area contributed by atoms with Gasteiger partial charge in [-0.1, -0.05) is 26.0 Å². The van der Waals surface area contributed by atoms with Crippen molar-refractivity contribution in [3.8, 4) is 11.6 Å². The van der Waals surface area contributed by atoms with Crippen molar-refractivity contribution in [3.63, 3.8) is 0 Å². The predicted octanol–water partition coefficient (Wildman–Crippen LogP) is 3.18. The number of hydrogen-bond acceptors (Lipinski definition) is 6. The number of rotatable bonds is 4. The van der Waals surface area contributed by atoms with Crippen LogP contribution in [0.5, 0.6) is 5.88 Å². The lowest BCUT2D eigenvalue weighted by Crippen LogP contribution is -2.42. The number of ether oxygens (including phenoxy) is 1. The molecule has 4 heterocycles. The highest BCUT2D eigenvalue weighted by atomic mass is 16.5. The fourth-order valence-electron chi connectivity index (χ4n) is 3.62. The molecule has 1 amide bonds. The third-order valence-electron chi connectivity index (χ3n) is 5.45. The SMILES string of the molecule is Cc1ccc(-n2nnc(C)c2COc2cc3c(cn2)CN(C(=O)C(C)(C)C)CC3)cn1. The maximum atomic E-state index is 12.6. The van der Waals surface area contributed by atoms with Crippen LogP contribution in [0.1, 0.15) is 49.0 Å². The molecule has 0 bridgehead atoms. The topological polar surface area (TPSA) is 86.0 Å². The average Bonchev–Trinajstić information content (AvgIpc) is 3.11. The van der Waals surface area contributed by atoms with Crippen molar-refractivity contribution in [3.05, 3.63) is 58.8 Å². The number of carbonyl (C=O) groups is 1. The molecule has 0 atom stereocenters. The highest BCUT2D eigenvalue weighted by Crippen LogP contribution is 2.26. The Morgan fingerprint density at radius 3 is 2.65 bits per heavy atom. The summed E-state index contributed by atoms with van der Waals surface area (Å²) >= 11 is 0. The van der Waals surface area contributed by atoms with E-state index in [0.717, 1.165) is 34.8 Å². The zero-order valence-electron chi connectivity index (χ0n) is 18.7. The summed E-state index contributed by atoms with van der Waals surface area (Å²) in [5, 5.41) is 8.42. The van der Waals surface area contributed by atoms with Crippen molar-refractivity contribution in [2.45, 2.75) is 54.2 Å². The maximum Gasteiger partial charge on any atom is 0.228 e. The van der Waals surface area contributed by atoms with Gasteiger partial charge < -0.3 is 9.64 Å². The summed E-state index contributed by atoms with van der Waals surface area (Å²) < 4.78 is 7.75. The van der Waals surface area contributed by atoms with Gasteiger partial charge in [0.1, 0.15) is 12.3 Å². The molecule has 8 nitrogen and oxygen atoms in total. The molecular weight excluding hydrogens is 392 g/mol. The molecule has 0 fully saturated rings. The lowest BCUT2D eigenvalue weighted by molar-refractivity contribution is -0.140. The summed E-state index contributed by atoms with van der Waals surface area (Å²) in [6.45, 7) is 11.3. The molecule has 0 N–H and O–H groups in total. The number of nitrogens with zero attached hydrogens (tertiary/aromatic N) is 6. The number of fused-ring (bicyclic) bond motifs is 1. The van der Waals surface area contributed by atoms with Crippen molar-refractivity contribution in [2.24, 2.45) is 5.41 Å². The Balaban J connectivity index is 1.47. The molecule has 31 heavy (non-hydrogen) atoms. The van der Waals surface area contributed by atoms with E-state index in [1.165, 1.54) is 5.56 Å². The van der Waals surface area contributed by atoms with Crippen LogP contribution < -0.4 is 4.74 Å². The second-order valence-electron chi connectivity index (χ2n) is 9.00. The quantitative estimate of drug-likeness (QED) is 0.644. The molecular formula is C23H28N6O2. The van der Waals surface area contributed by atoms with Crippen LogP contribution in [0.4, 0.5) is 0 Å². The van der Waals surface area contributed by atoms with E-state index >= 15 is 0 Å². The van der Waals surface area contributed by atoms with E-state index in [1.54, 1.807) is 10.9 Å². The van der Waals surface area contributed by atoms with Gasteiger partial charge in [0.15, 0.2) is 0 Å². The van der Waals surface area contributed by atoms with Crippen LogP contribution in [-0.4, -0.2) is 42.3 Å². The first-order valence-electron chi connectivity index (χ1n) is 10.5. The second kappa shape index (κ2) is 8.09. The molecule has 1 aliphatic heterocycles. The van der Waals surface area contributed by atoms with Gasteiger partial charge in [0.25, 0.3) is 0 Å². The lowest BCUT2D eigenvalue weighted by atomic mass is 9.92. The molecule has 4 rings (SSSR count).